The lowest BCUT2D eigenvalue weighted by Gasteiger charge is -1.93. The first-order valence-electron chi connectivity index (χ1n) is 3.51. The van der Waals surface area contributed by atoms with Gasteiger partial charge in [-0.1, -0.05) is 13.3 Å². The average molecular weight is 144 g/mol. The van der Waals surface area contributed by atoms with E-state index in [1.807, 2.05) is 0 Å². The van der Waals surface area contributed by atoms with Crippen molar-refractivity contribution in [2.45, 2.75) is 25.9 Å². The third-order valence-corrected chi connectivity index (χ3v) is 3.11. The average Bonchev–Trinajstić information content (AvgIpc) is 1.85. The van der Waals surface area contributed by atoms with Gasteiger partial charge in [0.2, 0.25) is 0 Å². The van der Waals surface area contributed by atoms with E-state index < -0.39 is 0 Å². The number of hydrogen-bond donors (Lipinski definition) is 1. The predicted molar refractivity (Wildman–Crippen MR) is 43.1 cm³/mol. The van der Waals surface area contributed by atoms with Crippen LogP contribution in [0.1, 0.15) is 13.3 Å². The molecule has 0 unspecified atom stereocenters. The summed E-state index contributed by atoms with van der Waals surface area (Å²) < 4.78 is 4.41. The van der Waals surface area contributed by atoms with Crippen LogP contribution in [-0.4, -0.2) is 21.7 Å². The number of hydrogen-bond acceptors (Lipinski definition) is 2. The Bertz CT molecular complexity index is 91.1. The molecule has 0 aliphatic rings. The van der Waals surface area contributed by atoms with E-state index in [4.69, 9.17) is 5.73 Å². The number of nitrogens with zero attached hydrogens (tertiary/aromatic N) is 1. The third-order valence-electron chi connectivity index (χ3n) is 1.12. The van der Waals surface area contributed by atoms with Crippen LogP contribution in [0.3, 0.4) is 0 Å². The summed E-state index contributed by atoms with van der Waals surface area (Å²) in [5.74, 6) is 0. The summed E-state index contributed by atoms with van der Waals surface area (Å²) in [7, 11) is -0.358. The molecule has 2 N–H and O–H groups in total. The Morgan fingerprint density at radius 1 is 1.56 bits per heavy atom. The molecule has 0 aliphatic heterocycles. The predicted octanol–water partition coefficient (Wildman–Crippen LogP) is 1.24. The van der Waals surface area contributed by atoms with E-state index in [0.717, 1.165) is 6.54 Å². The van der Waals surface area contributed by atoms with E-state index >= 15 is 0 Å². The maximum Gasteiger partial charge on any atom is 0.118 e. The normalized spacial score (nSPS) is 12.1. The van der Waals surface area contributed by atoms with Crippen molar-refractivity contribution < 1.29 is 0 Å². The summed E-state index contributed by atoms with van der Waals surface area (Å²) in [6.07, 6.45) is 1.26. The van der Waals surface area contributed by atoms with E-state index in [9.17, 15) is 0 Å². The molecule has 0 aromatic heterocycles. The maximum atomic E-state index is 5.30. The number of nitrogens with two attached hydrogens (primary N) is 1. The second-order valence-electron chi connectivity index (χ2n) is 2.16. The molecule has 0 aromatic carbocycles. The monoisotopic (exact) mass is 144 g/mol. The summed E-state index contributed by atoms with van der Waals surface area (Å²) in [6, 6.07) is 1.30. The fourth-order valence-corrected chi connectivity index (χ4v) is 2.09. The molecule has 3 heteroatoms. The topological polar surface area (TPSA) is 38.4 Å². The molecule has 0 aliphatic carbocycles. The smallest absolute Gasteiger partial charge is 0.118 e. The van der Waals surface area contributed by atoms with Crippen LogP contribution in [0.25, 0.3) is 0 Å². The highest BCUT2D eigenvalue weighted by Gasteiger charge is 1.87. The zero-order chi connectivity index (χ0) is 7.11. The van der Waals surface area contributed by atoms with Crippen LogP contribution in [-0.2, 0) is 0 Å². The standard InChI is InChI=1S/C6H16N2Si/c1-3-6-9(2)8-5-4-7/h3-7H2,1-2H3. The molecule has 2 nitrogen and oxygen atoms in total. The van der Waals surface area contributed by atoms with E-state index in [-0.39, 0.29) is 8.59 Å². The molecule has 0 saturated heterocycles. The van der Waals surface area contributed by atoms with Crippen molar-refractivity contribution in [3.8, 4) is 0 Å². The highest BCUT2D eigenvalue weighted by molar-refractivity contribution is 6.44. The maximum absolute atomic E-state index is 5.30. The Kier molecular flexibility index (Phi) is 6.09. The zero-order valence-corrected chi connectivity index (χ0v) is 7.35. The minimum atomic E-state index is -0.358. The largest absolute Gasteiger partial charge is 0.336 e. The van der Waals surface area contributed by atoms with Crippen molar-refractivity contribution in [1.29, 1.82) is 0 Å². The van der Waals surface area contributed by atoms with Crippen molar-refractivity contribution >= 4 is 8.59 Å². The van der Waals surface area contributed by atoms with Gasteiger partial charge < -0.3 is 10.4 Å². The Morgan fingerprint density at radius 3 is 2.67 bits per heavy atom. The molecule has 0 fully saturated rings. The van der Waals surface area contributed by atoms with Gasteiger partial charge in [0.25, 0.3) is 0 Å². The molecule has 0 radical (unpaired) electrons. The lowest BCUT2D eigenvalue weighted by Crippen LogP contribution is -2.05. The van der Waals surface area contributed by atoms with E-state index in [1.165, 1.54) is 12.5 Å². The summed E-state index contributed by atoms with van der Waals surface area (Å²) in [5.41, 5.74) is 5.30. The van der Waals surface area contributed by atoms with Crippen molar-refractivity contribution in [3.63, 3.8) is 0 Å². The van der Waals surface area contributed by atoms with Gasteiger partial charge in [0.1, 0.15) is 8.59 Å². The van der Waals surface area contributed by atoms with Gasteiger partial charge in [-0.05, 0) is 12.6 Å². The molecule has 54 valence electrons. The van der Waals surface area contributed by atoms with Crippen LogP contribution in [0.4, 0.5) is 0 Å². The second kappa shape index (κ2) is 6.10. The van der Waals surface area contributed by atoms with E-state index in [2.05, 4.69) is 18.1 Å². The van der Waals surface area contributed by atoms with Crippen molar-refractivity contribution in [2.24, 2.45) is 10.4 Å². The molecule has 0 atom stereocenters. The first-order valence-corrected chi connectivity index (χ1v) is 5.66. The van der Waals surface area contributed by atoms with Crippen molar-refractivity contribution in [2.75, 3.05) is 13.1 Å². The molecular weight excluding hydrogens is 128 g/mol. The molecule has 0 aromatic rings. The molecule has 9 heavy (non-hydrogen) atoms. The van der Waals surface area contributed by atoms with E-state index in [0.29, 0.717) is 6.54 Å². The molecule has 0 saturated carbocycles. The first-order chi connectivity index (χ1) is 4.31. The van der Waals surface area contributed by atoms with Crippen LogP contribution >= 0.6 is 0 Å². The van der Waals surface area contributed by atoms with Gasteiger partial charge in [-0.2, -0.15) is 0 Å². The molecule has 0 rings (SSSR count). The van der Waals surface area contributed by atoms with Crippen molar-refractivity contribution in [1.82, 2.24) is 0 Å². The third kappa shape index (κ3) is 5.85. The summed E-state index contributed by atoms with van der Waals surface area (Å²) >= 11 is 0. The summed E-state index contributed by atoms with van der Waals surface area (Å²) in [5, 5.41) is 0. The Hall–Kier alpha value is -0.0231. The molecule has 0 amide bonds. The fourth-order valence-electron chi connectivity index (χ4n) is 0.696. The Balaban J connectivity index is 3.30. The Morgan fingerprint density at radius 2 is 2.22 bits per heavy atom. The molecule has 0 heterocycles. The molecule has 0 spiro atoms. The van der Waals surface area contributed by atoms with E-state index in [1.54, 1.807) is 0 Å². The molecular formula is C6H16N2Si. The summed E-state index contributed by atoms with van der Waals surface area (Å²) in [4.78, 5) is 0. The van der Waals surface area contributed by atoms with Gasteiger partial charge in [-0.25, -0.2) is 0 Å². The second-order valence-corrected chi connectivity index (χ2v) is 4.44. The minimum absolute atomic E-state index is 0.358. The summed E-state index contributed by atoms with van der Waals surface area (Å²) in [6.45, 7) is 6.02. The van der Waals surface area contributed by atoms with Gasteiger partial charge in [0, 0.05) is 13.1 Å². The lowest BCUT2D eigenvalue weighted by molar-refractivity contribution is 0.970. The number of rotatable bonds is 4. The first kappa shape index (κ1) is 8.98. The van der Waals surface area contributed by atoms with Crippen LogP contribution in [0.15, 0.2) is 4.63 Å². The minimum Gasteiger partial charge on any atom is -0.336 e. The zero-order valence-electron chi connectivity index (χ0n) is 6.35. The van der Waals surface area contributed by atoms with Crippen LogP contribution in [0.2, 0.25) is 12.6 Å². The van der Waals surface area contributed by atoms with Crippen LogP contribution < -0.4 is 5.73 Å². The van der Waals surface area contributed by atoms with Gasteiger partial charge in [-0.3, -0.25) is 0 Å². The highest BCUT2D eigenvalue weighted by Crippen LogP contribution is 1.90. The lowest BCUT2D eigenvalue weighted by atomic mass is 10.6. The molecule has 0 bridgehead atoms. The van der Waals surface area contributed by atoms with Crippen LogP contribution in [0, 0.1) is 0 Å². The van der Waals surface area contributed by atoms with Gasteiger partial charge in [0.15, 0.2) is 0 Å². The van der Waals surface area contributed by atoms with Crippen molar-refractivity contribution in [3.05, 3.63) is 0 Å². The van der Waals surface area contributed by atoms with Gasteiger partial charge in [0.05, 0.1) is 0 Å². The van der Waals surface area contributed by atoms with Gasteiger partial charge in [-0.15, -0.1) is 0 Å². The highest BCUT2D eigenvalue weighted by atomic mass is 28.2. The fraction of sp³-hybridized carbons (Fsp3) is 1.00. The SMILES string of the molecule is CCC[Si](C)=NCCN. The quantitative estimate of drug-likeness (QED) is 0.592. The van der Waals surface area contributed by atoms with Gasteiger partial charge >= 0.3 is 0 Å². The Labute approximate surface area is 58.8 Å². The van der Waals surface area contributed by atoms with Crippen LogP contribution in [0.5, 0.6) is 0 Å².